The van der Waals surface area contributed by atoms with E-state index < -0.39 is 0 Å². The SMILES string of the molecule is CCN1C(=O)COc2ccc(C(=O)Cn3c(=O)cc(C)c4cccc(OC)c43)cc21. The van der Waals surface area contributed by atoms with E-state index in [2.05, 4.69) is 0 Å². The lowest BCUT2D eigenvalue weighted by Gasteiger charge is -2.28. The van der Waals surface area contributed by atoms with Crippen LogP contribution >= 0.6 is 0 Å². The first-order valence-electron chi connectivity index (χ1n) is 9.72. The van der Waals surface area contributed by atoms with Gasteiger partial charge in [0, 0.05) is 23.6 Å². The zero-order chi connectivity index (χ0) is 21.4. The number of hydrogen-bond donors (Lipinski definition) is 0. The molecule has 0 unspecified atom stereocenters. The van der Waals surface area contributed by atoms with E-state index in [1.807, 2.05) is 26.0 Å². The number of aryl methyl sites for hydroxylation is 1. The number of methoxy groups -OCH3 is 1. The summed E-state index contributed by atoms with van der Waals surface area (Å²) in [5, 5.41) is 0.850. The molecule has 0 saturated carbocycles. The first kappa shape index (κ1) is 19.7. The molecule has 154 valence electrons. The normalized spacial score (nSPS) is 13.2. The number of ketones is 1. The molecule has 7 heteroatoms. The van der Waals surface area contributed by atoms with Crippen molar-refractivity contribution in [2.75, 3.05) is 25.2 Å². The number of carbonyl (C=O) groups excluding carboxylic acids is 2. The number of ether oxygens (including phenoxy) is 2. The molecule has 4 rings (SSSR count). The minimum atomic E-state index is -0.274. The number of anilines is 1. The van der Waals surface area contributed by atoms with Gasteiger partial charge in [-0.1, -0.05) is 12.1 Å². The zero-order valence-corrected chi connectivity index (χ0v) is 17.1. The summed E-state index contributed by atoms with van der Waals surface area (Å²) in [6.45, 7) is 4.04. The van der Waals surface area contributed by atoms with Crippen LogP contribution < -0.4 is 19.9 Å². The number of fused-ring (bicyclic) bond motifs is 2. The maximum absolute atomic E-state index is 13.1. The van der Waals surface area contributed by atoms with Crippen molar-refractivity contribution in [2.24, 2.45) is 0 Å². The van der Waals surface area contributed by atoms with Crippen molar-refractivity contribution in [3.8, 4) is 11.5 Å². The number of rotatable bonds is 5. The van der Waals surface area contributed by atoms with Gasteiger partial charge in [0.15, 0.2) is 12.4 Å². The Bertz CT molecular complexity index is 1230. The summed E-state index contributed by atoms with van der Waals surface area (Å²) < 4.78 is 12.3. The van der Waals surface area contributed by atoms with E-state index in [1.165, 1.54) is 17.7 Å². The Morgan fingerprint density at radius 1 is 1.17 bits per heavy atom. The lowest BCUT2D eigenvalue weighted by atomic mass is 10.1. The Hall–Kier alpha value is -3.61. The van der Waals surface area contributed by atoms with Gasteiger partial charge in [-0.25, -0.2) is 0 Å². The smallest absolute Gasteiger partial charge is 0.265 e. The third-order valence-electron chi connectivity index (χ3n) is 5.36. The maximum atomic E-state index is 13.1. The third-order valence-corrected chi connectivity index (χ3v) is 5.36. The minimum absolute atomic E-state index is 0.0152. The largest absolute Gasteiger partial charge is 0.495 e. The number of pyridine rings is 1. The first-order chi connectivity index (χ1) is 14.4. The van der Waals surface area contributed by atoms with Crippen LogP contribution in [0.5, 0.6) is 11.5 Å². The summed E-state index contributed by atoms with van der Waals surface area (Å²) in [6.07, 6.45) is 0. The van der Waals surface area contributed by atoms with Crippen LogP contribution in [0.1, 0.15) is 22.8 Å². The molecule has 2 heterocycles. The van der Waals surface area contributed by atoms with Gasteiger partial charge in [0.05, 0.1) is 24.9 Å². The second-order valence-electron chi connectivity index (χ2n) is 7.14. The minimum Gasteiger partial charge on any atom is -0.495 e. The number of para-hydroxylation sites is 1. The molecular formula is C23H22N2O5. The van der Waals surface area contributed by atoms with Crippen LogP contribution in [-0.4, -0.2) is 36.5 Å². The number of nitrogens with zero attached hydrogens (tertiary/aromatic N) is 2. The number of amides is 1. The summed E-state index contributed by atoms with van der Waals surface area (Å²) in [7, 11) is 1.54. The molecule has 3 aromatic rings. The van der Waals surface area contributed by atoms with Crippen LogP contribution in [0.3, 0.4) is 0 Å². The van der Waals surface area contributed by atoms with E-state index >= 15 is 0 Å². The third kappa shape index (κ3) is 3.22. The zero-order valence-electron chi connectivity index (χ0n) is 17.1. The molecule has 2 aromatic carbocycles. The Kier molecular flexibility index (Phi) is 5.03. The van der Waals surface area contributed by atoms with Gasteiger partial charge in [0.2, 0.25) is 0 Å². The summed E-state index contributed by atoms with van der Waals surface area (Å²) in [5.74, 6) is 0.695. The van der Waals surface area contributed by atoms with Crippen molar-refractivity contribution in [3.63, 3.8) is 0 Å². The van der Waals surface area contributed by atoms with E-state index in [9.17, 15) is 14.4 Å². The maximum Gasteiger partial charge on any atom is 0.265 e. The van der Waals surface area contributed by atoms with E-state index in [4.69, 9.17) is 9.47 Å². The van der Waals surface area contributed by atoms with Gasteiger partial charge in [-0.05, 0) is 43.7 Å². The van der Waals surface area contributed by atoms with Crippen molar-refractivity contribution in [1.82, 2.24) is 4.57 Å². The molecule has 0 fully saturated rings. The van der Waals surface area contributed by atoms with Crippen molar-refractivity contribution in [1.29, 1.82) is 0 Å². The molecule has 0 N–H and O–H groups in total. The number of benzene rings is 2. The first-order valence-corrected chi connectivity index (χ1v) is 9.72. The molecule has 1 aliphatic heterocycles. The van der Waals surface area contributed by atoms with Crippen LogP contribution in [0.25, 0.3) is 10.9 Å². The van der Waals surface area contributed by atoms with Crippen molar-refractivity contribution in [3.05, 3.63) is 63.9 Å². The monoisotopic (exact) mass is 406 g/mol. The molecule has 1 aliphatic rings. The summed E-state index contributed by atoms with van der Waals surface area (Å²) in [5.41, 5.74) is 2.11. The molecule has 1 aromatic heterocycles. The fourth-order valence-corrected chi connectivity index (χ4v) is 3.85. The Morgan fingerprint density at radius 2 is 1.97 bits per heavy atom. The van der Waals surface area contributed by atoms with Gasteiger partial charge < -0.3 is 14.4 Å². The lowest BCUT2D eigenvalue weighted by molar-refractivity contribution is -0.121. The van der Waals surface area contributed by atoms with E-state index in [1.54, 1.807) is 29.2 Å². The summed E-state index contributed by atoms with van der Waals surface area (Å²) >= 11 is 0. The molecule has 0 bridgehead atoms. The lowest BCUT2D eigenvalue weighted by Crippen LogP contribution is -2.38. The van der Waals surface area contributed by atoms with E-state index in [0.29, 0.717) is 34.8 Å². The van der Waals surface area contributed by atoms with Crippen molar-refractivity contribution >= 4 is 28.3 Å². The van der Waals surface area contributed by atoms with Gasteiger partial charge in [0.25, 0.3) is 11.5 Å². The summed E-state index contributed by atoms with van der Waals surface area (Å²) in [4.78, 5) is 39.6. The van der Waals surface area contributed by atoms with Gasteiger partial charge in [-0.15, -0.1) is 0 Å². The highest BCUT2D eigenvalue weighted by molar-refractivity contribution is 6.02. The molecule has 0 radical (unpaired) electrons. The number of hydrogen-bond acceptors (Lipinski definition) is 5. The van der Waals surface area contributed by atoms with Crippen LogP contribution in [0.2, 0.25) is 0 Å². The van der Waals surface area contributed by atoms with Crippen molar-refractivity contribution < 1.29 is 19.1 Å². The predicted octanol–water partition coefficient (Wildman–Crippen LogP) is 2.95. The Morgan fingerprint density at radius 3 is 2.70 bits per heavy atom. The molecule has 0 spiro atoms. The molecule has 0 saturated heterocycles. The van der Waals surface area contributed by atoms with Crippen LogP contribution in [-0.2, 0) is 11.3 Å². The summed E-state index contributed by atoms with van der Waals surface area (Å²) in [6, 6.07) is 12.0. The fraction of sp³-hybridized carbons (Fsp3) is 0.261. The van der Waals surface area contributed by atoms with Gasteiger partial charge in [-0.2, -0.15) is 0 Å². The average Bonchev–Trinajstić information content (AvgIpc) is 2.75. The van der Waals surface area contributed by atoms with E-state index in [-0.39, 0.29) is 30.4 Å². The van der Waals surface area contributed by atoms with Crippen LogP contribution in [0.15, 0.2) is 47.3 Å². The molecular weight excluding hydrogens is 384 g/mol. The standard InChI is InChI=1S/C23H22N2O5/c1-4-24-17-11-15(8-9-19(17)30-13-22(24)28)18(26)12-25-21(27)10-14(2)16-6-5-7-20(29-3)23(16)25/h5-11H,4,12-13H2,1-3H3. The van der Waals surface area contributed by atoms with Gasteiger partial charge in [-0.3, -0.25) is 19.0 Å². The number of Topliss-reactive ketones (excluding diaryl/α,β-unsaturated/α-hetero) is 1. The Balaban J connectivity index is 1.77. The Labute approximate surface area is 173 Å². The average molecular weight is 406 g/mol. The molecule has 7 nitrogen and oxygen atoms in total. The number of carbonyl (C=O) groups is 2. The molecule has 30 heavy (non-hydrogen) atoms. The predicted molar refractivity (Wildman–Crippen MR) is 114 cm³/mol. The second kappa shape index (κ2) is 7.67. The number of aromatic nitrogens is 1. The highest BCUT2D eigenvalue weighted by Crippen LogP contribution is 2.33. The topological polar surface area (TPSA) is 77.8 Å². The van der Waals surface area contributed by atoms with Crippen molar-refractivity contribution in [2.45, 2.75) is 20.4 Å². The van der Waals surface area contributed by atoms with E-state index in [0.717, 1.165) is 10.9 Å². The van der Waals surface area contributed by atoms with Gasteiger partial charge >= 0.3 is 0 Å². The van der Waals surface area contributed by atoms with Crippen LogP contribution in [0.4, 0.5) is 5.69 Å². The van der Waals surface area contributed by atoms with Gasteiger partial charge in [0.1, 0.15) is 11.5 Å². The molecule has 1 amide bonds. The molecule has 0 aliphatic carbocycles. The fourth-order valence-electron chi connectivity index (χ4n) is 3.85. The molecule has 0 atom stereocenters. The number of likely N-dealkylation sites (N-methyl/N-ethyl adjacent to an activating group) is 1. The quantitative estimate of drug-likeness (QED) is 0.609. The van der Waals surface area contributed by atoms with Crippen LogP contribution in [0, 0.1) is 6.92 Å². The highest BCUT2D eigenvalue weighted by Gasteiger charge is 2.25. The highest BCUT2D eigenvalue weighted by atomic mass is 16.5. The second-order valence-corrected chi connectivity index (χ2v) is 7.14.